The first-order chi connectivity index (χ1) is 11.7. The number of hydrazone groups is 1. The lowest BCUT2D eigenvalue weighted by atomic mass is 10.0. The third-order valence-corrected chi connectivity index (χ3v) is 4.18. The Bertz CT molecular complexity index is 876. The first-order valence-corrected chi connectivity index (χ1v) is 8.27. The highest BCUT2D eigenvalue weighted by molar-refractivity contribution is 9.10. The van der Waals surface area contributed by atoms with E-state index in [2.05, 4.69) is 38.6 Å². The molecule has 0 aliphatic carbocycles. The maximum atomic E-state index is 12.1. The molecule has 3 aromatic carbocycles. The summed E-state index contributed by atoms with van der Waals surface area (Å²) in [6.07, 6.45) is 1.64. The predicted molar refractivity (Wildman–Crippen MR) is 101 cm³/mol. The van der Waals surface area contributed by atoms with E-state index in [9.17, 15) is 4.79 Å². The van der Waals surface area contributed by atoms with Gasteiger partial charge in [0.2, 0.25) is 0 Å². The number of amides is 1. The molecule has 1 N–H and O–H groups in total. The lowest BCUT2D eigenvalue weighted by Crippen LogP contribution is -2.18. The maximum absolute atomic E-state index is 12.1. The molecule has 0 saturated heterocycles. The van der Waals surface area contributed by atoms with Crippen LogP contribution in [0, 0.1) is 0 Å². The van der Waals surface area contributed by atoms with E-state index in [1.807, 2.05) is 60.7 Å². The highest BCUT2D eigenvalue weighted by atomic mass is 79.9. The molecular formula is C20H15BrN2O. The summed E-state index contributed by atoms with van der Waals surface area (Å²) in [6, 6.07) is 25.4. The van der Waals surface area contributed by atoms with Crippen LogP contribution in [0.4, 0.5) is 0 Å². The molecule has 0 saturated carbocycles. The second-order valence-electron chi connectivity index (χ2n) is 5.17. The summed E-state index contributed by atoms with van der Waals surface area (Å²) >= 11 is 3.36. The largest absolute Gasteiger partial charge is 0.272 e. The first-order valence-electron chi connectivity index (χ1n) is 7.47. The van der Waals surface area contributed by atoms with Crippen LogP contribution in [0.2, 0.25) is 0 Å². The van der Waals surface area contributed by atoms with E-state index in [0.29, 0.717) is 5.56 Å². The number of carbonyl (C=O) groups is 1. The number of benzene rings is 3. The minimum absolute atomic E-state index is 0.252. The average Bonchev–Trinajstić information content (AvgIpc) is 2.63. The molecule has 3 nitrogen and oxygen atoms in total. The summed E-state index contributed by atoms with van der Waals surface area (Å²) in [5.41, 5.74) is 6.27. The van der Waals surface area contributed by atoms with E-state index < -0.39 is 0 Å². The molecule has 3 aromatic rings. The quantitative estimate of drug-likeness (QED) is 0.510. The molecule has 0 radical (unpaired) electrons. The summed E-state index contributed by atoms with van der Waals surface area (Å²) in [6.45, 7) is 0. The van der Waals surface area contributed by atoms with Gasteiger partial charge in [0.1, 0.15) is 0 Å². The van der Waals surface area contributed by atoms with Gasteiger partial charge in [0, 0.05) is 4.47 Å². The van der Waals surface area contributed by atoms with Crippen molar-refractivity contribution >= 4 is 28.1 Å². The van der Waals surface area contributed by atoms with Gasteiger partial charge in [-0.05, 0) is 50.8 Å². The highest BCUT2D eigenvalue weighted by Crippen LogP contribution is 2.19. The molecule has 0 heterocycles. The molecule has 0 aliphatic heterocycles. The SMILES string of the molecule is O=C(N/N=C\c1cccc(-c2ccccc2)c1)c1ccccc1Br. The van der Waals surface area contributed by atoms with Gasteiger partial charge >= 0.3 is 0 Å². The van der Waals surface area contributed by atoms with Gasteiger partial charge in [-0.3, -0.25) is 4.79 Å². The Morgan fingerprint density at radius 3 is 2.38 bits per heavy atom. The van der Waals surface area contributed by atoms with Gasteiger partial charge < -0.3 is 0 Å². The Labute approximate surface area is 149 Å². The lowest BCUT2D eigenvalue weighted by Gasteiger charge is -2.03. The van der Waals surface area contributed by atoms with Crippen molar-refractivity contribution in [3.8, 4) is 11.1 Å². The third kappa shape index (κ3) is 3.97. The average molecular weight is 379 g/mol. The zero-order valence-corrected chi connectivity index (χ0v) is 14.4. The molecule has 1 amide bonds. The molecular weight excluding hydrogens is 364 g/mol. The summed E-state index contributed by atoms with van der Waals surface area (Å²) < 4.78 is 0.740. The second-order valence-corrected chi connectivity index (χ2v) is 6.02. The Morgan fingerprint density at radius 2 is 1.58 bits per heavy atom. The van der Waals surface area contributed by atoms with Crippen LogP contribution in [0.5, 0.6) is 0 Å². The minimum Gasteiger partial charge on any atom is -0.267 e. The molecule has 0 aromatic heterocycles. The zero-order chi connectivity index (χ0) is 16.8. The smallest absolute Gasteiger partial charge is 0.267 e. The van der Waals surface area contributed by atoms with Crippen molar-refractivity contribution in [1.29, 1.82) is 0 Å². The van der Waals surface area contributed by atoms with Crippen LogP contribution in [0.1, 0.15) is 15.9 Å². The molecule has 24 heavy (non-hydrogen) atoms. The van der Waals surface area contributed by atoms with Gasteiger partial charge in [0.25, 0.3) is 5.91 Å². The highest BCUT2D eigenvalue weighted by Gasteiger charge is 2.07. The summed E-state index contributed by atoms with van der Waals surface area (Å²) in [5, 5.41) is 4.05. The lowest BCUT2D eigenvalue weighted by molar-refractivity contribution is 0.0954. The van der Waals surface area contributed by atoms with Gasteiger partial charge in [-0.2, -0.15) is 5.10 Å². The van der Waals surface area contributed by atoms with Gasteiger partial charge in [-0.1, -0.05) is 60.7 Å². The number of halogens is 1. The van der Waals surface area contributed by atoms with E-state index in [4.69, 9.17) is 0 Å². The standard InChI is InChI=1S/C20H15BrN2O/c21-19-12-5-4-11-18(19)20(24)23-22-14-15-7-6-10-17(13-15)16-8-2-1-3-9-16/h1-14H,(H,23,24)/b22-14-. The van der Waals surface area contributed by atoms with Gasteiger partial charge in [-0.25, -0.2) is 5.43 Å². The molecule has 0 atom stereocenters. The second kappa shape index (κ2) is 7.70. The molecule has 0 spiro atoms. The van der Waals surface area contributed by atoms with Crippen molar-refractivity contribution in [3.05, 3.63) is 94.5 Å². The predicted octanol–water partition coefficient (Wildman–Crippen LogP) is 4.88. The van der Waals surface area contributed by atoms with Crippen molar-refractivity contribution < 1.29 is 4.79 Å². The van der Waals surface area contributed by atoms with E-state index >= 15 is 0 Å². The third-order valence-electron chi connectivity index (χ3n) is 3.49. The minimum atomic E-state index is -0.252. The van der Waals surface area contributed by atoms with Gasteiger partial charge in [0.05, 0.1) is 11.8 Å². The molecule has 0 aliphatic rings. The summed E-state index contributed by atoms with van der Waals surface area (Å²) in [4.78, 5) is 12.1. The molecule has 0 fully saturated rings. The number of hydrogen-bond acceptors (Lipinski definition) is 2. The van der Waals surface area contributed by atoms with E-state index in [-0.39, 0.29) is 5.91 Å². The number of nitrogens with one attached hydrogen (secondary N) is 1. The number of carbonyl (C=O) groups excluding carboxylic acids is 1. The van der Waals surface area contributed by atoms with Crippen molar-refractivity contribution in [2.45, 2.75) is 0 Å². The fourth-order valence-corrected chi connectivity index (χ4v) is 2.76. The number of nitrogens with zero attached hydrogens (tertiary/aromatic N) is 1. The molecule has 3 rings (SSSR count). The van der Waals surface area contributed by atoms with Crippen molar-refractivity contribution in [1.82, 2.24) is 5.43 Å². The first kappa shape index (κ1) is 16.1. The van der Waals surface area contributed by atoms with Crippen molar-refractivity contribution in [2.24, 2.45) is 5.10 Å². The van der Waals surface area contributed by atoms with Crippen LogP contribution < -0.4 is 5.43 Å². The Kier molecular flexibility index (Phi) is 5.18. The zero-order valence-electron chi connectivity index (χ0n) is 12.8. The maximum Gasteiger partial charge on any atom is 0.272 e. The number of hydrogen-bond donors (Lipinski definition) is 1. The number of rotatable bonds is 4. The normalized spacial score (nSPS) is 10.7. The van der Waals surface area contributed by atoms with E-state index in [1.165, 1.54) is 0 Å². The van der Waals surface area contributed by atoms with Crippen LogP contribution >= 0.6 is 15.9 Å². The summed E-state index contributed by atoms with van der Waals surface area (Å²) in [7, 11) is 0. The molecule has 0 bridgehead atoms. The topological polar surface area (TPSA) is 41.5 Å². The van der Waals surface area contributed by atoms with Crippen LogP contribution in [0.25, 0.3) is 11.1 Å². The Hall–Kier alpha value is -2.72. The van der Waals surface area contributed by atoms with Crippen molar-refractivity contribution in [3.63, 3.8) is 0 Å². The molecule has 4 heteroatoms. The van der Waals surface area contributed by atoms with Crippen molar-refractivity contribution in [2.75, 3.05) is 0 Å². The molecule has 0 unspecified atom stereocenters. The monoisotopic (exact) mass is 378 g/mol. The Balaban J connectivity index is 1.71. The van der Waals surface area contributed by atoms with Crippen LogP contribution in [0.3, 0.4) is 0 Å². The summed E-state index contributed by atoms with van der Waals surface area (Å²) in [5.74, 6) is -0.252. The van der Waals surface area contributed by atoms with Gasteiger partial charge in [-0.15, -0.1) is 0 Å². The fourth-order valence-electron chi connectivity index (χ4n) is 2.30. The van der Waals surface area contributed by atoms with E-state index in [0.717, 1.165) is 21.2 Å². The van der Waals surface area contributed by atoms with Crippen LogP contribution in [-0.2, 0) is 0 Å². The van der Waals surface area contributed by atoms with Crippen LogP contribution in [0.15, 0.2) is 88.4 Å². The Morgan fingerprint density at radius 1 is 0.875 bits per heavy atom. The molecule has 118 valence electrons. The fraction of sp³-hybridized carbons (Fsp3) is 0. The van der Waals surface area contributed by atoms with Crippen LogP contribution in [-0.4, -0.2) is 12.1 Å². The van der Waals surface area contributed by atoms with E-state index in [1.54, 1.807) is 12.3 Å². The van der Waals surface area contributed by atoms with Gasteiger partial charge in [0.15, 0.2) is 0 Å².